The van der Waals surface area contributed by atoms with Crippen LogP contribution in [0.25, 0.3) is 46.4 Å². The van der Waals surface area contributed by atoms with Crippen molar-refractivity contribution in [1.29, 1.82) is 0 Å². The highest BCUT2D eigenvalue weighted by atomic mass is 16.5. The molecule has 0 amide bonds. The van der Waals surface area contributed by atoms with Gasteiger partial charge in [0.05, 0.1) is 29.4 Å². The summed E-state index contributed by atoms with van der Waals surface area (Å²) in [6.07, 6.45) is 21.0. The number of nitrogens with zero attached hydrogens (tertiary/aromatic N) is 2. The average Bonchev–Trinajstić information content (AvgIpc) is 3.78. The first kappa shape index (κ1) is 30.8. The number of esters is 1. The van der Waals surface area contributed by atoms with Crippen LogP contribution in [0.15, 0.2) is 60.7 Å². The number of nitrogens with one attached hydrogen (secondary N) is 2. The van der Waals surface area contributed by atoms with Crippen LogP contribution in [0.2, 0.25) is 0 Å². The van der Waals surface area contributed by atoms with Gasteiger partial charge in [-0.2, -0.15) is 0 Å². The molecule has 2 aliphatic heterocycles. The molecule has 5 rings (SSSR count). The molecule has 3 aromatic heterocycles. The molecular formula is C36H44N4O2. The summed E-state index contributed by atoms with van der Waals surface area (Å²) in [5.41, 5.74) is 8.35. The number of ether oxygens (including phenoxy) is 1. The lowest BCUT2D eigenvalue weighted by atomic mass is 10.1. The Labute approximate surface area is 249 Å². The summed E-state index contributed by atoms with van der Waals surface area (Å²) in [7, 11) is 0. The van der Waals surface area contributed by atoms with Gasteiger partial charge < -0.3 is 14.7 Å². The minimum Gasteiger partial charge on any atom is -0.462 e. The highest BCUT2D eigenvalue weighted by Gasteiger charge is 2.03. The third kappa shape index (κ3) is 10.3. The maximum atomic E-state index is 11.1. The van der Waals surface area contributed by atoms with Crippen molar-refractivity contribution in [3.8, 4) is 0 Å². The number of H-pyrrole nitrogens is 2. The molecule has 0 saturated carbocycles. The predicted molar refractivity (Wildman–Crippen MR) is 176 cm³/mol. The molecule has 220 valence electrons. The quantitative estimate of drug-likeness (QED) is 0.0897. The van der Waals surface area contributed by atoms with E-state index in [9.17, 15) is 4.79 Å². The van der Waals surface area contributed by atoms with E-state index in [0.29, 0.717) is 12.2 Å². The molecule has 8 bridgehead atoms. The first-order chi connectivity index (χ1) is 20.5. The molecule has 5 heterocycles. The summed E-state index contributed by atoms with van der Waals surface area (Å²) < 4.78 is 5.04. The monoisotopic (exact) mass is 564 g/mol. The molecule has 3 aromatic rings. The van der Waals surface area contributed by atoms with Crippen molar-refractivity contribution in [2.45, 2.75) is 78.1 Å². The molecule has 0 fully saturated rings. The highest BCUT2D eigenvalue weighted by Crippen LogP contribution is 2.17. The molecule has 2 aliphatic rings. The van der Waals surface area contributed by atoms with Gasteiger partial charge in [-0.1, -0.05) is 71.3 Å². The van der Waals surface area contributed by atoms with Crippen LogP contribution in [-0.4, -0.2) is 32.5 Å². The molecule has 6 heteroatoms. The molecular weight excluding hydrogens is 520 g/mol. The third-order valence-electron chi connectivity index (χ3n) is 7.12. The van der Waals surface area contributed by atoms with E-state index in [0.717, 1.165) is 51.3 Å². The molecule has 0 spiro atoms. The second-order valence-electron chi connectivity index (χ2n) is 11.0. The third-order valence-corrected chi connectivity index (χ3v) is 7.12. The van der Waals surface area contributed by atoms with Gasteiger partial charge in [0.1, 0.15) is 0 Å². The van der Waals surface area contributed by atoms with Crippen molar-refractivity contribution in [2.75, 3.05) is 6.61 Å². The normalized spacial score (nSPS) is 11.7. The number of carbonyl (C=O) groups is 1. The smallest absolute Gasteiger partial charge is 0.333 e. The van der Waals surface area contributed by atoms with Gasteiger partial charge in [-0.3, -0.25) is 0 Å². The SMILES string of the molecule is C1=Cc2cc3ccc(cc4ccc(cc5nc(cc1n2)C=C5)[nH]4)[nH]3.C=C(C)C(=O)OCCCCCCCCCCCC. The Morgan fingerprint density at radius 2 is 1.05 bits per heavy atom. The Kier molecular flexibility index (Phi) is 11.9. The number of unbranched alkanes of at least 4 members (excludes halogenated alkanes) is 9. The molecule has 2 N–H and O–H groups in total. The van der Waals surface area contributed by atoms with Gasteiger partial charge in [-0.25, -0.2) is 14.8 Å². The van der Waals surface area contributed by atoms with Crippen molar-refractivity contribution in [1.82, 2.24) is 19.9 Å². The number of fused-ring (bicyclic) bond motifs is 8. The zero-order valence-corrected chi connectivity index (χ0v) is 25.1. The zero-order chi connectivity index (χ0) is 29.6. The van der Waals surface area contributed by atoms with Crippen molar-refractivity contribution >= 4 is 52.3 Å². The lowest BCUT2D eigenvalue weighted by Gasteiger charge is -2.04. The van der Waals surface area contributed by atoms with Crippen LogP contribution in [0.3, 0.4) is 0 Å². The van der Waals surface area contributed by atoms with Gasteiger partial charge >= 0.3 is 5.97 Å². The first-order valence-electron chi connectivity index (χ1n) is 15.4. The molecule has 0 atom stereocenters. The molecule has 6 nitrogen and oxygen atoms in total. The summed E-state index contributed by atoms with van der Waals surface area (Å²) in [5, 5.41) is 0. The number of hydrogen-bond donors (Lipinski definition) is 2. The van der Waals surface area contributed by atoms with Gasteiger partial charge in [0, 0.05) is 27.6 Å². The summed E-state index contributed by atoms with van der Waals surface area (Å²) in [4.78, 5) is 27.1. The Morgan fingerprint density at radius 3 is 1.50 bits per heavy atom. The number of rotatable bonds is 12. The fourth-order valence-electron chi connectivity index (χ4n) is 4.82. The lowest BCUT2D eigenvalue weighted by molar-refractivity contribution is -0.139. The molecule has 0 aromatic carbocycles. The maximum Gasteiger partial charge on any atom is 0.333 e. The van der Waals surface area contributed by atoms with Crippen LogP contribution in [0.1, 0.15) is 101 Å². The molecule has 0 radical (unpaired) electrons. The summed E-state index contributed by atoms with van der Waals surface area (Å²) in [6.45, 7) is 8.03. The summed E-state index contributed by atoms with van der Waals surface area (Å²) in [6, 6.07) is 16.4. The van der Waals surface area contributed by atoms with Crippen LogP contribution in [-0.2, 0) is 9.53 Å². The Bertz CT molecular complexity index is 1470. The Balaban J connectivity index is 0.000000204. The summed E-state index contributed by atoms with van der Waals surface area (Å²) >= 11 is 0. The zero-order valence-electron chi connectivity index (χ0n) is 25.1. The minimum atomic E-state index is -0.258. The topological polar surface area (TPSA) is 83.7 Å². The van der Waals surface area contributed by atoms with Crippen molar-refractivity contribution in [2.24, 2.45) is 0 Å². The fraction of sp³-hybridized carbons (Fsp3) is 0.361. The van der Waals surface area contributed by atoms with E-state index < -0.39 is 0 Å². The van der Waals surface area contributed by atoms with Crippen LogP contribution >= 0.6 is 0 Å². The van der Waals surface area contributed by atoms with E-state index in [-0.39, 0.29) is 5.97 Å². The van der Waals surface area contributed by atoms with E-state index >= 15 is 0 Å². The van der Waals surface area contributed by atoms with Crippen molar-refractivity contribution in [3.63, 3.8) is 0 Å². The van der Waals surface area contributed by atoms with E-state index in [4.69, 9.17) is 4.74 Å². The number of hydrogen-bond acceptors (Lipinski definition) is 4. The molecule has 0 aliphatic carbocycles. The van der Waals surface area contributed by atoms with Gasteiger partial charge in [-0.05, 0) is 86.2 Å². The largest absolute Gasteiger partial charge is 0.462 e. The van der Waals surface area contributed by atoms with Crippen LogP contribution < -0.4 is 0 Å². The Morgan fingerprint density at radius 1 is 0.643 bits per heavy atom. The van der Waals surface area contributed by atoms with Crippen molar-refractivity contribution < 1.29 is 9.53 Å². The number of carbonyl (C=O) groups excluding carboxylic acids is 1. The minimum absolute atomic E-state index is 0.258. The highest BCUT2D eigenvalue weighted by molar-refractivity contribution is 5.86. The van der Waals surface area contributed by atoms with Gasteiger partial charge in [-0.15, -0.1) is 0 Å². The van der Waals surface area contributed by atoms with E-state index in [1.807, 2.05) is 42.5 Å². The van der Waals surface area contributed by atoms with Crippen LogP contribution in [0.4, 0.5) is 0 Å². The average molecular weight is 565 g/mol. The maximum absolute atomic E-state index is 11.1. The summed E-state index contributed by atoms with van der Waals surface area (Å²) in [5.74, 6) is -0.258. The fourth-order valence-corrected chi connectivity index (χ4v) is 4.82. The molecule has 0 unspecified atom stereocenters. The Hall–Kier alpha value is -4.19. The number of aromatic nitrogens is 4. The molecule has 42 heavy (non-hydrogen) atoms. The second kappa shape index (κ2) is 16.3. The van der Waals surface area contributed by atoms with E-state index in [1.165, 1.54) is 57.8 Å². The lowest BCUT2D eigenvalue weighted by Crippen LogP contribution is -2.05. The van der Waals surface area contributed by atoms with E-state index in [2.05, 4.69) is 63.8 Å². The van der Waals surface area contributed by atoms with Gasteiger partial charge in [0.2, 0.25) is 0 Å². The number of aromatic amines is 2. The van der Waals surface area contributed by atoms with Gasteiger partial charge in [0.15, 0.2) is 0 Å². The predicted octanol–water partition coefficient (Wildman–Crippen LogP) is 9.68. The standard InChI is InChI=1S/C20H14N4.C16H30O2/c1-2-14-10-16-5-6-18(23-16)12-20-8-7-19(24-20)11-17-4-3-15(22-17)9-13(1)21-14;1-4-5-6-7-8-9-10-11-12-13-14-18-16(17)15(2)3/h1-12,21-22H;2,4-14H2,1,3H3. The van der Waals surface area contributed by atoms with Crippen LogP contribution in [0, 0.1) is 0 Å². The van der Waals surface area contributed by atoms with E-state index in [1.54, 1.807) is 6.92 Å². The molecule has 0 saturated heterocycles. The first-order valence-corrected chi connectivity index (χ1v) is 15.4. The second-order valence-corrected chi connectivity index (χ2v) is 11.0. The van der Waals surface area contributed by atoms with Crippen molar-refractivity contribution in [3.05, 3.63) is 83.5 Å². The van der Waals surface area contributed by atoms with Gasteiger partial charge in [0.25, 0.3) is 0 Å². The van der Waals surface area contributed by atoms with Crippen LogP contribution in [0.5, 0.6) is 0 Å².